The van der Waals surface area contributed by atoms with Crippen LogP contribution in [-0.2, 0) is 4.84 Å². The zero-order valence-electron chi connectivity index (χ0n) is 20.1. The smallest absolute Gasteiger partial charge is 0.256 e. The Morgan fingerprint density at radius 2 is 1.66 bits per heavy atom. The molecule has 0 spiro atoms. The van der Waals surface area contributed by atoms with E-state index in [1.165, 1.54) is 0 Å². The molecule has 2 fully saturated rings. The Hall–Kier alpha value is -1.29. The number of hydrogen-bond donors (Lipinski definition) is 0. The number of nitrogens with zero attached hydrogens (tertiary/aromatic N) is 4. The van der Waals surface area contributed by atoms with Crippen molar-refractivity contribution >= 4 is 59.4 Å². The van der Waals surface area contributed by atoms with Crippen molar-refractivity contribution in [2.75, 3.05) is 32.8 Å². The molecule has 188 valence electrons. The first-order valence-electron chi connectivity index (χ1n) is 12.1. The molecule has 3 heterocycles. The van der Waals surface area contributed by atoms with Crippen molar-refractivity contribution in [1.29, 1.82) is 0 Å². The van der Waals surface area contributed by atoms with Crippen LogP contribution in [0, 0.1) is 5.92 Å². The molecule has 0 aliphatic carbocycles. The highest BCUT2D eigenvalue weighted by molar-refractivity contribution is 9.11. The van der Waals surface area contributed by atoms with E-state index in [1.54, 1.807) is 12.4 Å². The molecule has 9 heteroatoms. The van der Waals surface area contributed by atoms with Crippen LogP contribution in [0.3, 0.4) is 0 Å². The highest BCUT2D eigenvalue weighted by atomic mass is 79.9. The highest BCUT2D eigenvalue weighted by Crippen LogP contribution is 2.35. The van der Waals surface area contributed by atoms with Gasteiger partial charge in [0.1, 0.15) is 6.61 Å². The van der Waals surface area contributed by atoms with Crippen molar-refractivity contribution in [1.82, 2.24) is 14.8 Å². The van der Waals surface area contributed by atoms with E-state index in [2.05, 4.69) is 94.0 Å². The fraction of sp³-hybridized carbons (Fsp3) is 0.500. The first kappa shape index (κ1) is 26.8. The average Bonchev–Trinajstić information content (AvgIpc) is 2.86. The Labute approximate surface area is 232 Å². The van der Waals surface area contributed by atoms with Crippen LogP contribution < -0.4 is 0 Å². The zero-order chi connectivity index (χ0) is 25.0. The molecule has 0 N–H and O–H groups in total. The largest absolute Gasteiger partial charge is 0.396 e. The third-order valence-corrected chi connectivity index (χ3v) is 9.00. The van der Waals surface area contributed by atoms with Gasteiger partial charge in [-0.2, -0.15) is 0 Å². The first-order chi connectivity index (χ1) is 16.8. The van der Waals surface area contributed by atoms with Gasteiger partial charge in [0, 0.05) is 50.4 Å². The molecule has 1 aromatic heterocycles. The third kappa shape index (κ3) is 6.17. The van der Waals surface area contributed by atoms with Crippen LogP contribution >= 0.6 is 47.8 Å². The lowest BCUT2D eigenvalue weighted by atomic mass is 9.82. The molecule has 4 rings (SSSR count). The molecule has 0 atom stereocenters. The monoisotopic (exact) mass is 668 g/mol. The summed E-state index contributed by atoms with van der Waals surface area (Å²) in [6, 6.07) is 8.35. The Morgan fingerprint density at radius 1 is 1.06 bits per heavy atom. The maximum atomic E-state index is 13.2. The number of carbonyl (C=O) groups is 1. The van der Waals surface area contributed by atoms with Gasteiger partial charge in [-0.15, -0.1) is 0 Å². The number of carbonyl (C=O) groups excluding carboxylic acids is 1. The minimum atomic E-state index is 0.0539. The van der Waals surface area contributed by atoms with Gasteiger partial charge < -0.3 is 9.74 Å². The summed E-state index contributed by atoms with van der Waals surface area (Å²) < 4.78 is 2.51. The summed E-state index contributed by atoms with van der Waals surface area (Å²) in [6.45, 7) is 8.46. The number of amides is 1. The topological polar surface area (TPSA) is 58.0 Å². The van der Waals surface area contributed by atoms with Crippen LogP contribution in [-0.4, -0.2) is 64.7 Å². The second-order valence-electron chi connectivity index (χ2n) is 9.43. The second kappa shape index (κ2) is 11.8. The lowest BCUT2D eigenvalue weighted by Gasteiger charge is -2.49. The molecule has 1 aromatic carbocycles. The molecule has 2 saturated heterocycles. The van der Waals surface area contributed by atoms with Gasteiger partial charge >= 0.3 is 0 Å². The quantitative estimate of drug-likeness (QED) is 0.260. The summed E-state index contributed by atoms with van der Waals surface area (Å²) in [5.74, 6) is 0.434. The predicted octanol–water partition coefficient (Wildman–Crippen LogP) is 6.52. The molecule has 2 aliphatic heterocycles. The minimum absolute atomic E-state index is 0.0539. The summed E-state index contributed by atoms with van der Waals surface area (Å²) >= 11 is 10.5. The van der Waals surface area contributed by atoms with Crippen molar-refractivity contribution in [3.8, 4) is 0 Å². The predicted molar refractivity (Wildman–Crippen MR) is 150 cm³/mol. The maximum absolute atomic E-state index is 13.2. The normalized spacial score (nSPS) is 19.6. The van der Waals surface area contributed by atoms with Crippen LogP contribution in [0.5, 0.6) is 0 Å². The number of halogens is 3. The lowest BCUT2D eigenvalue weighted by molar-refractivity contribution is 0.0161. The molecule has 0 radical (unpaired) electrons. The van der Waals surface area contributed by atoms with Gasteiger partial charge in [-0.1, -0.05) is 33.2 Å². The standard InChI is InChI=1S/C26H31Br3N4O2/c1-3-35-31-24(18-4-6-20(27)7-5-18)19-8-12-33(13-9-19)26(2)10-14-32(15-11-26)25(34)23-21(28)16-30-17-22(23)29/h4-7,16-17,19H,3,8-15H2,1-2H3/b31-24-. The van der Waals surface area contributed by atoms with Crippen molar-refractivity contribution in [3.63, 3.8) is 0 Å². The van der Waals surface area contributed by atoms with Crippen molar-refractivity contribution in [2.45, 2.75) is 45.1 Å². The number of rotatable bonds is 6. The van der Waals surface area contributed by atoms with E-state index in [0.717, 1.165) is 76.6 Å². The zero-order valence-corrected chi connectivity index (χ0v) is 24.9. The SMILES string of the molecule is CCO/N=C(/c1ccc(Br)cc1)C1CCN(C2(C)CCN(C(=O)c3c(Br)cncc3Br)CC2)CC1. The number of pyridine rings is 1. The van der Waals surface area contributed by atoms with E-state index in [4.69, 9.17) is 4.84 Å². The summed E-state index contributed by atoms with van der Waals surface area (Å²) in [4.78, 5) is 27.4. The average molecular weight is 671 g/mol. The van der Waals surface area contributed by atoms with Gasteiger partial charge in [0.25, 0.3) is 5.91 Å². The highest BCUT2D eigenvalue weighted by Gasteiger charge is 2.39. The molecule has 0 bridgehead atoms. The molecule has 35 heavy (non-hydrogen) atoms. The summed E-state index contributed by atoms with van der Waals surface area (Å²) in [5.41, 5.74) is 2.94. The van der Waals surface area contributed by atoms with Crippen LogP contribution in [0.15, 0.2) is 55.2 Å². The molecular weight excluding hydrogens is 640 g/mol. The van der Waals surface area contributed by atoms with Crippen molar-refractivity contribution in [2.24, 2.45) is 11.1 Å². The number of oxime groups is 1. The molecule has 2 aliphatic rings. The van der Waals surface area contributed by atoms with E-state index in [9.17, 15) is 4.79 Å². The van der Waals surface area contributed by atoms with Crippen LogP contribution in [0.4, 0.5) is 0 Å². The molecule has 1 amide bonds. The van der Waals surface area contributed by atoms with Gasteiger partial charge in [0.15, 0.2) is 0 Å². The minimum Gasteiger partial charge on any atom is -0.396 e. The van der Waals surface area contributed by atoms with E-state index in [0.29, 0.717) is 18.1 Å². The summed E-state index contributed by atoms with van der Waals surface area (Å²) in [6.07, 6.45) is 7.39. The Bertz CT molecular complexity index is 1040. The van der Waals surface area contributed by atoms with Crippen LogP contribution in [0.1, 0.15) is 55.5 Å². The van der Waals surface area contributed by atoms with Crippen LogP contribution in [0.2, 0.25) is 0 Å². The fourth-order valence-corrected chi connectivity index (χ4v) is 6.63. The Balaban J connectivity index is 1.38. The van der Waals surface area contributed by atoms with Crippen molar-refractivity contribution < 1.29 is 9.63 Å². The number of benzene rings is 1. The summed E-state index contributed by atoms with van der Waals surface area (Å²) in [5, 5.41) is 4.52. The van der Waals surface area contributed by atoms with Gasteiger partial charge in [-0.25, -0.2) is 0 Å². The van der Waals surface area contributed by atoms with E-state index >= 15 is 0 Å². The Morgan fingerprint density at radius 3 is 2.23 bits per heavy atom. The summed E-state index contributed by atoms with van der Waals surface area (Å²) in [7, 11) is 0. The number of hydrogen-bond acceptors (Lipinski definition) is 5. The molecule has 0 saturated carbocycles. The number of piperidine rings is 2. The molecular formula is C26H31Br3N4O2. The Kier molecular flexibility index (Phi) is 9.05. The molecule has 6 nitrogen and oxygen atoms in total. The van der Waals surface area contributed by atoms with E-state index in [1.807, 2.05) is 11.8 Å². The number of aromatic nitrogens is 1. The second-order valence-corrected chi connectivity index (χ2v) is 12.1. The lowest BCUT2D eigenvalue weighted by Crippen LogP contribution is -2.56. The van der Waals surface area contributed by atoms with Crippen LogP contribution in [0.25, 0.3) is 0 Å². The number of likely N-dealkylation sites (tertiary alicyclic amines) is 2. The van der Waals surface area contributed by atoms with Gasteiger partial charge in [0.05, 0.1) is 11.3 Å². The fourth-order valence-electron chi connectivity index (χ4n) is 5.09. The van der Waals surface area contributed by atoms with Crippen molar-refractivity contribution in [3.05, 3.63) is 61.2 Å². The van der Waals surface area contributed by atoms with E-state index in [-0.39, 0.29) is 11.4 Å². The third-order valence-electron chi connectivity index (χ3n) is 7.27. The van der Waals surface area contributed by atoms with E-state index < -0.39 is 0 Å². The van der Waals surface area contributed by atoms with Gasteiger partial charge in [-0.3, -0.25) is 14.7 Å². The molecule has 2 aromatic rings. The maximum Gasteiger partial charge on any atom is 0.256 e. The molecule has 0 unspecified atom stereocenters. The van der Waals surface area contributed by atoms with Gasteiger partial charge in [-0.05, 0) is 102 Å². The first-order valence-corrected chi connectivity index (χ1v) is 14.5. The van der Waals surface area contributed by atoms with Gasteiger partial charge in [0.2, 0.25) is 0 Å².